The molecule has 7 heteroatoms. The maximum Gasteiger partial charge on any atom is 0.343 e. The molecule has 13 heavy (non-hydrogen) atoms. The normalized spacial score (nSPS) is 9.31. The number of nitrogens with one attached hydrogen (secondary N) is 2. The number of guanidine groups is 1. The smallest absolute Gasteiger partial charge is 0.343 e. The fourth-order valence-electron chi connectivity index (χ4n) is 0.815. The second-order valence-corrected chi connectivity index (χ2v) is 2.19. The molecule has 0 aromatic carbocycles. The van der Waals surface area contributed by atoms with E-state index in [4.69, 9.17) is 11.1 Å². The second-order valence-electron chi connectivity index (χ2n) is 2.19. The van der Waals surface area contributed by atoms with Crippen molar-refractivity contribution in [2.75, 3.05) is 12.1 Å². The maximum atomic E-state index is 11.2. The van der Waals surface area contributed by atoms with Gasteiger partial charge in [-0.15, -0.1) is 0 Å². The largest absolute Gasteiger partial charge is 0.368 e. The molecule has 0 bridgehead atoms. The van der Waals surface area contributed by atoms with Gasteiger partial charge in [-0.1, -0.05) is 0 Å². The number of nitrogens with zero attached hydrogens (tertiary/aromatic N) is 3. The van der Waals surface area contributed by atoms with Gasteiger partial charge in [0.15, 0.2) is 0 Å². The van der Waals surface area contributed by atoms with E-state index in [0.29, 0.717) is 0 Å². The zero-order valence-electron chi connectivity index (χ0n) is 7.06. The Morgan fingerprint density at radius 3 is 2.85 bits per heavy atom. The molecular formula is C6H10N6O. The molecule has 0 unspecified atom stereocenters. The summed E-state index contributed by atoms with van der Waals surface area (Å²) in [7, 11) is 1.45. The van der Waals surface area contributed by atoms with Crippen LogP contribution >= 0.6 is 0 Å². The Bertz CT molecular complexity index is 305. The van der Waals surface area contributed by atoms with Crippen molar-refractivity contribution in [3.8, 4) is 0 Å². The predicted molar refractivity (Wildman–Crippen MR) is 46.8 cm³/mol. The van der Waals surface area contributed by atoms with Gasteiger partial charge < -0.3 is 11.1 Å². The number of nitrogens with two attached hydrogens (primary N) is 1. The summed E-state index contributed by atoms with van der Waals surface area (Å²) < 4.78 is 1.31. The van der Waals surface area contributed by atoms with Crippen LogP contribution in [0.15, 0.2) is 18.7 Å². The van der Waals surface area contributed by atoms with Gasteiger partial charge in [-0.2, -0.15) is 5.01 Å². The lowest BCUT2D eigenvalue weighted by atomic mass is 10.8. The summed E-state index contributed by atoms with van der Waals surface area (Å²) in [6.45, 7) is 0. The van der Waals surface area contributed by atoms with E-state index in [1.807, 2.05) is 0 Å². The molecule has 0 radical (unpaired) electrons. The predicted octanol–water partition coefficient (Wildman–Crippen LogP) is -0.946. The fourth-order valence-corrected chi connectivity index (χ4v) is 0.815. The van der Waals surface area contributed by atoms with Crippen molar-refractivity contribution in [3.05, 3.63) is 18.7 Å². The summed E-state index contributed by atoms with van der Waals surface area (Å²) in [4.78, 5) is 14.9. The third kappa shape index (κ3) is 1.75. The quantitative estimate of drug-likeness (QED) is 0.385. The van der Waals surface area contributed by atoms with Gasteiger partial charge in [-0.05, 0) is 0 Å². The van der Waals surface area contributed by atoms with Gasteiger partial charge in [0.2, 0.25) is 5.96 Å². The molecule has 0 spiro atoms. The first-order chi connectivity index (χ1) is 6.16. The fraction of sp³-hybridized carbons (Fsp3) is 0.167. The van der Waals surface area contributed by atoms with Crippen LogP contribution in [0.2, 0.25) is 0 Å². The monoisotopic (exact) mass is 182 g/mol. The maximum absolute atomic E-state index is 11.2. The minimum Gasteiger partial charge on any atom is -0.368 e. The van der Waals surface area contributed by atoms with Crippen molar-refractivity contribution < 1.29 is 4.79 Å². The summed E-state index contributed by atoms with van der Waals surface area (Å²) in [5.74, 6) is -0.377. The summed E-state index contributed by atoms with van der Waals surface area (Å²) in [6, 6.07) is -0.495. The van der Waals surface area contributed by atoms with Crippen molar-refractivity contribution >= 4 is 12.0 Å². The lowest BCUT2D eigenvalue weighted by molar-refractivity contribution is 0.246. The second kappa shape index (κ2) is 3.57. The highest BCUT2D eigenvalue weighted by Gasteiger charge is 2.15. The molecule has 2 amide bonds. The average molecular weight is 182 g/mol. The van der Waals surface area contributed by atoms with E-state index in [1.165, 1.54) is 30.4 Å². The van der Waals surface area contributed by atoms with Gasteiger partial charge >= 0.3 is 6.03 Å². The van der Waals surface area contributed by atoms with Gasteiger partial charge in [-0.3, -0.25) is 5.41 Å². The first kappa shape index (κ1) is 9.04. The lowest BCUT2D eigenvalue weighted by Gasteiger charge is -2.19. The summed E-state index contributed by atoms with van der Waals surface area (Å²) in [5, 5.41) is 10.4. The first-order valence-electron chi connectivity index (χ1n) is 3.51. The minimum absolute atomic E-state index is 0.377. The topological polar surface area (TPSA) is 100 Å². The molecule has 0 aliphatic carbocycles. The molecule has 0 saturated heterocycles. The SMILES string of the molecule is CNC(=O)N(C(=N)N)n1ccnc1. The van der Waals surface area contributed by atoms with E-state index in [1.54, 1.807) is 0 Å². The number of hydrogen-bond acceptors (Lipinski definition) is 3. The highest BCUT2D eigenvalue weighted by atomic mass is 16.2. The minimum atomic E-state index is -0.495. The number of carbonyl (C=O) groups excluding carboxylic acids is 1. The molecule has 7 nitrogen and oxygen atoms in total. The van der Waals surface area contributed by atoms with Gasteiger partial charge in [-0.25, -0.2) is 14.5 Å². The molecular weight excluding hydrogens is 172 g/mol. The number of carbonyl (C=O) groups is 1. The standard InChI is InChI=1S/C6H10N6O/c1-9-6(13)12(5(7)8)11-3-2-10-4-11/h2-4H,1H3,(H3,7,8)(H,9,13). The number of aromatic nitrogens is 2. The Morgan fingerprint density at radius 2 is 2.46 bits per heavy atom. The Balaban J connectivity index is 2.93. The Hall–Kier alpha value is -2.05. The van der Waals surface area contributed by atoms with Crippen molar-refractivity contribution in [2.45, 2.75) is 0 Å². The van der Waals surface area contributed by atoms with Crippen LogP contribution < -0.4 is 16.1 Å². The van der Waals surface area contributed by atoms with E-state index < -0.39 is 6.03 Å². The third-order valence-corrected chi connectivity index (χ3v) is 1.36. The van der Waals surface area contributed by atoms with E-state index in [0.717, 1.165) is 5.01 Å². The van der Waals surface area contributed by atoms with E-state index in [-0.39, 0.29) is 5.96 Å². The van der Waals surface area contributed by atoms with Crippen LogP contribution in [0.4, 0.5) is 4.79 Å². The zero-order chi connectivity index (χ0) is 9.84. The zero-order valence-corrected chi connectivity index (χ0v) is 7.06. The van der Waals surface area contributed by atoms with E-state index in [9.17, 15) is 4.79 Å². The van der Waals surface area contributed by atoms with Gasteiger partial charge in [0.05, 0.1) is 0 Å². The van der Waals surface area contributed by atoms with E-state index in [2.05, 4.69) is 10.3 Å². The average Bonchev–Trinajstić information content (AvgIpc) is 2.56. The van der Waals surface area contributed by atoms with Crippen LogP contribution in [-0.4, -0.2) is 28.7 Å². The summed E-state index contributed by atoms with van der Waals surface area (Å²) in [6.07, 6.45) is 4.37. The first-order valence-corrected chi connectivity index (χ1v) is 3.51. The number of urea groups is 1. The molecule has 0 fully saturated rings. The van der Waals surface area contributed by atoms with Crippen LogP contribution in [0.3, 0.4) is 0 Å². The number of hydrogen-bond donors (Lipinski definition) is 3. The molecule has 1 aromatic rings. The van der Waals surface area contributed by atoms with Crippen molar-refractivity contribution in [3.63, 3.8) is 0 Å². The number of rotatable bonds is 1. The molecule has 4 N–H and O–H groups in total. The number of imidazole rings is 1. The Morgan fingerprint density at radius 1 is 1.77 bits per heavy atom. The third-order valence-electron chi connectivity index (χ3n) is 1.36. The molecule has 1 rings (SSSR count). The molecule has 70 valence electrons. The van der Waals surface area contributed by atoms with Crippen molar-refractivity contribution in [1.82, 2.24) is 15.0 Å². The summed E-state index contributed by atoms with van der Waals surface area (Å²) in [5.41, 5.74) is 5.20. The van der Waals surface area contributed by atoms with Crippen LogP contribution in [-0.2, 0) is 0 Å². The number of amides is 2. The summed E-state index contributed by atoms with van der Waals surface area (Å²) >= 11 is 0. The molecule has 1 aromatic heterocycles. The molecule has 0 aliphatic heterocycles. The highest BCUT2D eigenvalue weighted by molar-refractivity contribution is 6.06. The van der Waals surface area contributed by atoms with Gasteiger partial charge in [0, 0.05) is 19.4 Å². The van der Waals surface area contributed by atoms with Gasteiger partial charge in [0.25, 0.3) is 0 Å². The molecule has 0 atom stereocenters. The lowest BCUT2D eigenvalue weighted by Crippen LogP contribution is -2.52. The highest BCUT2D eigenvalue weighted by Crippen LogP contribution is 1.90. The van der Waals surface area contributed by atoms with Gasteiger partial charge in [0.1, 0.15) is 6.33 Å². The van der Waals surface area contributed by atoms with Crippen molar-refractivity contribution in [2.24, 2.45) is 5.73 Å². The van der Waals surface area contributed by atoms with Crippen LogP contribution in [0.1, 0.15) is 0 Å². The Kier molecular flexibility index (Phi) is 2.48. The van der Waals surface area contributed by atoms with Crippen LogP contribution in [0.5, 0.6) is 0 Å². The molecule has 1 heterocycles. The van der Waals surface area contributed by atoms with Crippen molar-refractivity contribution in [1.29, 1.82) is 5.41 Å². The molecule has 0 saturated carbocycles. The molecule has 0 aliphatic rings. The van der Waals surface area contributed by atoms with Crippen LogP contribution in [0.25, 0.3) is 0 Å². The Labute approximate surface area is 74.6 Å². The van der Waals surface area contributed by atoms with Crippen LogP contribution in [0, 0.1) is 5.41 Å². The van der Waals surface area contributed by atoms with E-state index >= 15 is 0 Å².